The summed E-state index contributed by atoms with van der Waals surface area (Å²) in [6.07, 6.45) is 0. The summed E-state index contributed by atoms with van der Waals surface area (Å²) in [5.41, 5.74) is 4.85. The summed E-state index contributed by atoms with van der Waals surface area (Å²) in [5, 5.41) is -0.115. The molecular weight excluding hydrogens is 307 g/mol. The Bertz CT molecular complexity index is 707. The van der Waals surface area contributed by atoms with Crippen molar-refractivity contribution in [1.82, 2.24) is 0 Å². The van der Waals surface area contributed by atoms with Crippen molar-refractivity contribution in [3.63, 3.8) is 0 Å². The number of nitrogens with two attached hydrogens (primary N) is 1. The number of carbonyl (C=O) groups excluding carboxylic acids is 1. The molecule has 3 nitrogen and oxygen atoms in total. The summed E-state index contributed by atoms with van der Waals surface area (Å²) in [6, 6.07) is 5.51. The van der Waals surface area contributed by atoms with Crippen molar-refractivity contribution < 1.29 is 22.7 Å². The normalized spacial score (nSPS) is 10.5. The van der Waals surface area contributed by atoms with Gasteiger partial charge in [0, 0.05) is 17.3 Å². The Morgan fingerprint density at radius 2 is 1.86 bits per heavy atom. The molecule has 0 heterocycles. The molecule has 0 saturated heterocycles. The van der Waals surface area contributed by atoms with Gasteiger partial charge in [-0.3, -0.25) is 0 Å². The van der Waals surface area contributed by atoms with Gasteiger partial charge in [0.2, 0.25) is 0 Å². The van der Waals surface area contributed by atoms with Crippen LogP contribution in [0.3, 0.4) is 0 Å². The molecule has 2 aromatic rings. The van der Waals surface area contributed by atoms with E-state index < -0.39 is 30.0 Å². The molecule has 0 saturated carbocycles. The number of anilines is 1. The molecule has 0 fully saturated rings. The second-order valence-electron chi connectivity index (χ2n) is 4.14. The number of nitrogen functional groups attached to an aromatic ring is 1. The van der Waals surface area contributed by atoms with Gasteiger partial charge in [-0.25, -0.2) is 18.0 Å². The lowest BCUT2D eigenvalue weighted by Crippen LogP contribution is -2.10. The number of ether oxygens (including phenoxy) is 1. The second kappa shape index (κ2) is 6.05. The van der Waals surface area contributed by atoms with Crippen LogP contribution in [-0.4, -0.2) is 5.97 Å². The topological polar surface area (TPSA) is 52.3 Å². The van der Waals surface area contributed by atoms with E-state index in [1.165, 1.54) is 18.2 Å². The molecule has 0 aliphatic heterocycles. The third kappa shape index (κ3) is 3.28. The Morgan fingerprint density at radius 1 is 1.19 bits per heavy atom. The van der Waals surface area contributed by atoms with Crippen molar-refractivity contribution in [1.29, 1.82) is 0 Å². The van der Waals surface area contributed by atoms with Crippen molar-refractivity contribution in [2.24, 2.45) is 0 Å². The lowest BCUT2D eigenvalue weighted by atomic mass is 10.1. The Balaban J connectivity index is 2.16. The van der Waals surface area contributed by atoms with Gasteiger partial charge in [-0.1, -0.05) is 23.7 Å². The average molecular weight is 316 g/mol. The predicted molar refractivity (Wildman–Crippen MR) is 71.3 cm³/mol. The van der Waals surface area contributed by atoms with Gasteiger partial charge in [-0.15, -0.1) is 0 Å². The van der Waals surface area contributed by atoms with E-state index in [0.717, 1.165) is 0 Å². The van der Waals surface area contributed by atoms with Crippen LogP contribution in [-0.2, 0) is 11.3 Å². The summed E-state index contributed by atoms with van der Waals surface area (Å²) in [7, 11) is 0. The molecule has 7 heteroatoms. The summed E-state index contributed by atoms with van der Waals surface area (Å²) < 4.78 is 44.4. The fraction of sp³-hybridized carbons (Fsp3) is 0.0714. The molecule has 2 aromatic carbocycles. The molecule has 0 aromatic heterocycles. The van der Waals surface area contributed by atoms with Crippen molar-refractivity contribution in [3.8, 4) is 0 Å². The van der Waals surface area contributed by atoms with Gasteiger partial charge in [-0.05, 0) is 12.1 Å². The van der Waals surface area contributed by atoms with Crippen LogP contribution < -0.4 is 5.73 Å². The number of halogens is 4. The van der Waals surface area contributed by atoms with Gasteiger partial charge in [0.05, 0.1) is 10.6 Å². The molecule has 0 aliphatic rings. The highest BCUT2D eigenvalue weighted by molar-refractivity contribution is 6.30. The minimum absolute atomic E-state index is 0.0528. The molecule has 0 atom stereocenters. The molecular formula is C14H9ClF3NO2. The lowest BCUT2D eigenvalue weighted by molar-refractivity contribution is 0.0469. The minimum Gasteiger partial charge on any atom is -0.457 e. The van der Waals surface area contributed by atoms with E-state index in [-0.39, 0.29) is 21.8 Å². The standard InChI is InChI=1S/C14H9ClF3NO2/c15-9-3-1-2-7(13(9)18)6-21-14(20)8-4-10(16)11(17)5-12(8)19/h1-5H,6,19H2. The first-order valence-corrected chi connectivity index (χ1v) is 6.12. The largest absolute Gasteiger partial charge is 0.457 e. The van der Waals surface area contributed by atoms with Crippen LogP contribution >= 0.6 is 11.6 Å². The van der Waals surface area contributed by atoms with Gasteiger partial charge in [-0.2, -0.15) is 0 Å². The summed E-state index contributed by atoms with van der Waals surface area (Å²) in [5.74, 6) is -4.12. The first-order valence-electron chi connectivity index (χ1n) is 5.74. The van der Waals surface area contributed by atoms with Crippen LogP contribution in [0.2, 0.25) is 5.02 Å². The first-order chi connectivity index (χ1) is 9.90. The fourth-order valence-corrected chi connectivity index (χ4v) is 1.81. The maximum absolute atomic E-state index is 13.6. The van der Waals surface area contributed by atoms with Gasteiger partial charge in [0.15, 0.2) is 11.6 Å². The molecule has 2 N–H and O–H groups in total. The summed E-state index contributed by atoms with van der Waals surface area (Å²) >= 11 is 5.58. The molecule has 0 bridgehead atoms. The van der Waals surface area contributed by atoms with E-state index in [1.807, 2.05) is 0 Å². The number of esters is 1. The highest BCUT2D eigenvalue weighted by atomic mass is 35.5. The van der Waals surface area contributed by atoms with Crippen LogP contribution in [0.25, 0.3) is 0 Å². The zero-order valence-electron chi connectivity index (χ0n) is 10.5. The quantitative estimate of drug-likeness (QED) is 0.694. The van der Waals surface area contributed by atoms with Gasteiger partial charge in [0.1, 0.15) is 12.4 Å². The van der Waals surface area contributed by atoms with Crippen molar-refractivity contribution in [2.45, 2.75) is 6.61 Å². The first kappa shape index (κ1) is 15.2. The van der Waals surface area contributed by atoms with E-state index in [9.17, 15) is 18.0 Å². The van der Waals surface area contributed by atoms with Gasteiger partial charge < -0.3 is 10.5 Å². The Morgan fingerprint density at radius 3 is 2.57 bits per heavy atom. The summed E-state index contributed by atoms with van der Waals surface area (Å²) in [6.45, 7) is -0.413. The van der Waals surface area contributed by atoms with Crippen LogP contribution in [0.4, 0.5) is 18.9 Å². The maximum atomic E-state index is 13.6. The van der Waals surface area contributed by atoms with E-state index in [1.54, 1.807) is 0 Å². The Kier molecular flexibility index (Phi) is 4.37. The highest BCUT2D eigenvalue weighted by Crippen LogP contribution is 2.21. The molecule has 0 radical (unpaired) electrons. The van der Waals surface area contributed by atoms with Crippen LogP contribution in [0.1, 0.15) is 15.9 Å². The molecule has 2 rings (SSSR count). The zero-order chi connectivity index (χ0) is 15.6. The van der Waals surface area contributed by atoms with E-state index in [2.05, 4.69) is 0 Å². The van der Waals surface area contributed by atoms with Gasteiger partial charge >= 0.3 is 5.97 Å². The maximum Gasteiger partial charge on any atom is 0.340 e. The Hall–Kier alpha value is -2.21. The van der Waals surface area contributed by atoms with Crippen molar-refractivity contribution in [3.05, 3.63) is 63.9 Å². The average Bonchev–Trinajstić information content (AvgIpc) is 2.44. The SMILES string of the molecule is Nc1cc(F)c(F)cc1C(=O)OCc1cccc(Cl)c1F. The molecule has 0 amide bonds. The van der Waals surface area contributed by atoms with E-state index >= 15 is 0 Å². The second-order valence-corrected chi connectivity index (χ2v) is 4.55. The number of hydrogen-bond donors (Lipinski definition) is 1. The number of benzene rings is 2. The molecule has 0 aliphatic carbocycles. The molecule has 21 heavy (non-hydrogen) atoms. The van der Waals surface area contributed by atoms with E-state index in [4.69, 9.17) is 22.1 Å². The van der Waals surface area contributed by atoms with Crippen LogP contribution in [0.5, 0.6) is 0 Å². The van der Waals surface area contributed by atoms with Gasteiger partial charge in [0.25, 0.3) is 0 Å². The minimum atomic E-state index is -1.23. The number of rotatable bonds is 3. The van der Waals surface area contributed by atoms with Crippen LogP contribution in [0, 0.1) is 17.5 Å². The van der Waals surface area contributed by atoms with Crippen molar-refractivity contribution >= 4 is 23.3 Å². The highest BCUT2D eigenvalue weighted by Gasteiger charge is 2.16. The molecule has 0 unspecified atom stereocenters. The lowest BCUT2D eigenvalue weighted by Gasteiger charge is -2.08. The third-order valence-corrected chi connectivity index (χ3v) is 2.99. The fourth-order valence-electron chi connectivity index (χ4n) is 1.62. The smallest absolute Gasteiger partial charge is 0.340 e. The van der Waals surface area contributed by atoms with Crippen molar-refractivity contribution in [2.75, 3.05) is 5.73 Å². The molecule has 0 spiro atoms. The molecule has 110 valence electrons. The number of carbonyl (C=O) groups is 1. The van der Waals surface area contributed by atoms with E-state index in [0.29, 0.717) is 12.1 Å². The zero-order valence-corrected chi connectivity index (χ0v) is 11.3. The predicted octanol–water partition coefficient (Wildman–Crippen LogP) is 3.70. The summed E-state index contributed by atoms with van der Waals surface area (Å²) in [4.78, 5) is 11.8. The Labute approximate surface area is 123 Å². The monoisotopic (exact) mass is 315 g/mol. The van der Waals surface area contributed by atoms with Crippen LogP contribution in [0.15, 0.2) is 30.3 Å². The third-order valence-electron chi connectivity index (χ3n) is 2.70. The number of hydrogen-bond acceptors (Lipinski definition) is 3.